The van der Waals surface area contributed by atoms with E-state index in [1.165, 1.54) is 19.3 Å². The molecule has 4 rings (SSSR count). The SMILES string of the molecule is COc1ccc2c(c1)CCCN2C(=O)CO/N=C(/N)c1ccccc1CN1CCCCC1. The highest BCUT2D eigenvalue weighted by Gasteiger charge is 2.23. The maximum atomic E-state index is 12.8. The molecule has 2 aliphatic heterocycles. The van der Waals surface area contributed by atoms with Crippen LogP contribution in [-0.4, -0.2) is 50.0 Å². The molecular formula is C25H32N4O3. The number of carbonyl (C=O) groups excluding carboxylic acids is 1. The maximum Gasteiger partial charge on any atom is 0.267 e. The number of methoxy groups -OCH3 is 1. The standard InChI is InChI=1S/C25H32N4O3/c1-31-21-11-12-23-19(16-21)9-7-15-29(23)24(30)18-32-27-25(26)22-10-4-3-8-20(22)17-28-13-5-2-6-14-28/h3-4,8,10-12,16H,2,5-7,9,13-15,17-18H2,1H3,(H2,26,27). The number of piperidine rings is 1. The predicted octanol–water partition coefficient (Wildman–Crippen LogP) is 3.30. The average molecular weight is 437 g/mol. The minimum absolute atomic E-state index is 0.130. The van der Waals surface area contributed by atoms with Crippen molar-refractivity contribution in [2.24, 2.45) is 10.9 Å². The first-order valence-corrected chi connectivity index (χ1v) is 11.4. The summed E-state index contributed by atoms with van der Waals surface area (Å²) in [6.07, 6.45) is 5.61. The van der Waals surface area contributed by atoms with Crippen LogP contribution in [0.15, 0.2) is 47.6 Å². The van der Waals surface area contributed by atoms with Gasteiger partial charge in [-0.05, 0) is 68.1 Å². The molecule has 32 heavy (non-hydrogen) atoms. The highest BCUT2D eigenvalue weighted by molar-refractivity contribution is 5.99. The van der Waals surface area contributed by atoms with Crippen molar-refractivity contribution in [1.29, 1.82) is 0 Å². The molecule has 0 aromatic heterocycles. The largest absolute Gasteiger partial charge is 0.497 e. The van der Waals surface area contributed by atoms with Crippen LogP contribution in [0.5, 0.6) is 5.75 Å². The van der Waals surface area contributed by atoms with Crippen molar-refractivity contribution in [2.75, 3.05) is 38.3 Å². The molecule has 2 aliphatic rings. The molecule has 0 atom stereocenters. The van der Waals surface area contributed by atoms with Gasteiger partial charge in [-0.15, -0.1) is 0 Å². The lowest BCUT2D eigenvalue weighted by atomic mass is 10.0. The molecule has 0 spiro atoms. The van der Waals surface area contributed by atoms with Crippen molar-refractivity contribution in [1.82, 2.24) is 4.90 Å². The van der Waals surface area contributed by atoms with Gasteiger partial charge in [-0.25, -0.2) is 0 Å². The molecule has 1 fully saturated rings. The second-order valence-corrected chi connectivity index (χ2v) is 8.39. The number of carbonyl (C=O) groups is 1. The summed E-state index contributed by atoms with van der Waals surface area (Å²) < 4.78 is 5.30. The van der Waals surface area contributed by atoms with Crippen LogP contribution < -0.4 is 15.4 Å². The van der Waals surface area contributed by atoms with E-state index in [2.05, 4.69) is 16.1 Å². The zero-order valence-electron chi connectivity index (χ0n) is 18.8. The van der Waals surface area contributed by atoms with E-state index in [9.17, 15) is 4.79 Å². The number of aryl methyl sites for hydroxylation is 1. The third-order valence-corrected chi connectivity index (χ3v) is 6.19. The number of rotatable bonds is 7. The fourth-order valence-electron chi connectivity index (χ4n) is 4.51. The molecule has 2 heterocycles. The van der Waals surface area contributed by atoms with Crippen molar-refractivity contribution < 1.29 is 14.4 Å². The maximum absolute atomic E-state index is 12.8. The normalized spacial score (nSPS) is 17.0. The predicted molar refractivity (Wildman–Crippen MR) is 126 cm³/mol. The van der Waals surface area contributed by atoms with Crippen molar-refractivity contribution in [3.05, 3.63) is 59.2 Å². The number of nitrogens with two attached hydrogens (primary N) is 1. The lowest BCUT2D eigenvalue weighted by Gasteiger charge is -2.29. The first-order chi connectivity index (χ1) is 15.7. The Morgan fingerprint density at radius 1 is 1.06 bits per heavy atom. The number of likely N-dealkylation sites (tertiary alicyclic amines) is 1. The van der Waals surface area contributed by atoms with Crippen LogP contribution >= 0.6 is 0 Å². The molecule has 0 aliphatic carbocycles. The number of fused-ring (bicyclic) bond motifs is 1. The van der Waals surface area contributed by atoms with E-state index in [0.717, 1.165) is 60.6 Å². The van der Waals surface area contributed by atoms with E-state index in [1.807, 2.05) is 36.4 Å². The van der Waals surface area contributed by atoms with Crippen molar-refractivity contribution in [3.8, 4) is 5.75 Å². The van der Waals surface area contributed by atoms with Crippen LogP contribution in [0.4, 0.5) is 5.69 Å². The number of hydrogen-bond acceptors (Lipinski definition) is 5. The van der Waals surface area contributed by atoms with Crippen LogP contribution in [0.2, 0.25) is 0 Å². The van der Waals surface area contributed by atoms with E-state index in [4.69, 9.17) is 15.3 Å². The van der Waals surface area contributed by atoms with Crippen LogP contribution in [0, 0.1) is 0 Å². The summed E-state index contributed by atoms with van der Waals surface area (Å²) in [5.74, 6) is 0.971. The van der Waals surface area contributed by atoms with Crippen LogP contribution in [0.3, 0.4) is 0 Å². The summed E-state index contributed by atoms with van der Waals surface area (Å²) in [6, 6.07) is 13.8. The number of amidine groups is 1. The molecule has 1 amide bonds. The monoisotopic (exact) mass is 436 g/mol. The molecule has 0 unspecified atom stereocenters. The highest BCUT2D eigenvalue weighted by Crippen LogP contribution is 2.30. The minimum atomic E-state index is -0.152. The van der Waals surface area contributed by atoms with E-state index >= 15 is 0 Å². The summed E-state index contributed by atoms with van der Waals surface area (Å²) in [6.45, 7) is 3.58. The molecule has 2 aromatic carbocycles. The first kappa shape index (κ1) is 22.1. The second-order valence-electron chi connectivity index (χ2n) is 8.39. The Bertz CT molecular complexity index is 969. The molecule has 0 radical (unpaired) electrons. The van der Waals surface area contributed by atoms with Gasteiger partial charge >= 0.3 is 0 Å². The zero-order chi connectivity index (χ0) is 22.3. The van der Waals surface area contributed by atoms with Crippen molar-refractivity contribution >= 4 is 17.4 Å². The summed E-state index contributed by atoms with van der Waals surface area (Å²) >= 11 is 0. The minimum Gasteiger partial charge on any atom is -0.497 e. The molecule has 1 saturated heterocycles. The third-order valence-electron chi connectivity index (χ3n) is 6.19. The van der Waals surface area contributed by atoms with Crippen molar-refractivity contribution in [3.63, 3.8) is 0 Å². The molecule has 7 heteroatoms. The van der Waals surface area contributed by atoms with Gasteiger partial charge in [0.1, 0.15) is 5.75 Å². The molecule has 170 valence electrons. The smallest absolute Gasteiger partial charge is 0.267 e. The quantitative estimate of drug-likeness (QED) is 0.409. The number of amides is 1. The molecule has 2 aromatic rings. The van der Waals surface area contributed by atoms with Crippen LogP contribution in [-0.2, 0) is 22.6 Å². The van der Waals surface area contributed by atoms with Gasteiger partial charge in [0.25, 0.3) is 5.91 Å². The summed E-state index contributed by atoms with van der Waals surface area (Å²) in [4.78, 5) is 22.4. The summed E-state index contributed by atoms with van der Waals surface area (Å²) in [5, 5.41) is 4.07. The van der Waals surface area contributed by atoms with E-state index in [-0.39, 0.29) is 12.5 Å². The van der Waals surface area contributed by atoms with Gasteiger partial charge in [-0.1, -0.05) is 35.8 Å². The number of hydrogen-bond donors (Lipinski definition) is 1. The Morgan fingerprint density at radius 2 is 1.88 bits per heavy atom. The Kier molecular flexibility index (Phi) is 7.27. The van der Waals surface area contributed by atoms with Gasteiger partial charge in [0, 0.05) is 24.3 Å². The number of ether oxygens (including phenoxy) is 1. The second kappa shape index (κ2) is 10.5. The van der Waals surface area contributed by atoms with E-state index in [1.54, 1.807) is 12.0 Å². The number of benzene rings is 2. The topological polar surface area (TPSA) is 80.4 Å². The third kappa shape index (κ3) is 5.22. The lowest BCUT2D eigenvalue weighted by molar-refractivity contribution is -0.123. The van der Waals surface area contributed by atoms with Gasteiger partial charge in [0.05, 0.1) is 7.11 Å². The Labute approximate surface area is 189 Å². The number of nitrogens with zero attached hydrogens (tertiary/aromatic N) is 3. The Balaban J connectivity index is 1.39. The van der Waals surface area contributed by atoms with Gasteiger partial charge in [0.2, 0.25) is 0 Å². The van der Waals surface area contributed by atoms with Crippen LogP contribution in [0.25, 0.3) is 0 Å². The molecule has 7 nitrogen and oxygen atoms in total. The lowest BCUT2D eigenvalue weighted by Crippen LogP contribution is -2.37. The molecule has 0 bridgehead atoms. The van der Waals surface area contributed by atoms with Gasteiger partial charge in [0.15, 0.2) is 12.4 Å². The van der Waals surface area contributed by atoms with Gasteiger partial charge in [-0.3, -0.25) is 9.69 Å². The fraction of sp³-hybridized carbons (Fsp3) is 0.440. The van der Waals surface area contributed by atoms with E-state index < -0.39 is 0 Å². The first-order valence-electron chi connectivity index (χ1n) is 11.4. The fourth-order valence-corrected chi connectivity index (χ4v) is 4.51. The zero-order valence-corrected chi connectivity index (χ0v) is 18.8. The van der Waals surface area contributed by atoms with Gasteiger partial charge < -0.3 is 20.2 Å². The Morgan fingerprint density at radius 3 is 2.69 bits per heavy atom. The summed E-state index contributed by atoms with van der Waals surface area (Å²) in [5.41, 5.74) is 10.3. The number of anilines is 1. The number of oxime groups is 1. The Hall–Kier alpha value is -3.06. The molecule has 0 saturated carbocycles. The van der Waals surface area contributed by atoms with Gasteiger partial charge in [-0.2, -0.15) is 0 Å². The van der Waals surface area contributed by atoms with E-state index in [0.29, 0.717) is 12.4 Å². The highest BCUT2D eigenvalue weighted by atomic mass is 16.6. The molecule has 2 N–H and O–H groups in total. The van der Waals surface area contributed by atoms with Crippen molar-refractivity contribution in [2.45, 2.75) is 38.6 Å². The summed E-state index contributed by atoms with van der Waals surface area (Å²) in [7, 11) is 1.65. The average Bonchev–Trinajstić information content (AvgIpc) is 2.84. The molecular weight excluding hydrogens is 404 g/mol. The van der Waals surface area contributed by atoms with Crippen LogP contribution in [0.1, 0.15) is 42.4 Å².